The molecule has 3 heterocycles. The summed E-state index contributed by atoms with van der Waals surface area (Å²) in [6.07, 6.45) is 4.63. The number of para-hydroxylation sites is 3. The molecule has 182 valence electrons. The van der Waals surface area contributed by atoms with Crippen LogP contribution in [-0.2, 0) is 0 Å². The van der Waals surface area contributed by atoms with Gasteiger partial charge >= 0.3 is 0 Å². The fourth-order valence-corrected chi connectivity index (χ4v) is 7.74. The van der Waals surface area contributed by atoms with Crippen molar-refractivity contribution in [1.29, 1.82) is 0 Å². The van der Waals surface area contributed by atoms with Gasteiger partial charge in [0.05, 0.1) is 27.9 Å². The van der Waals surface area contributed by atoms with E-state index in [0.29, 0.717) is 0 Å². The van der Waals surface area contributed by atoms with Gasteiger partial charge in [-0.1, -0.05) is 97.1 Å². The first-order valence-electron chi connectivity index (χ1n) is 13.0. The first-order valence-corrected chi connectivity index (χ1v) is 14.7. The van der Waals surface area contributed by atoms with Crippen molar-refractivity contribution in [3.8, 4) is 39.5 Å². The highest BCUT2D eigenvalue weighted by Crippen LogP contribution is 2.31. The molecule has 1 aliphatic heterocycles. The molecule has 8 rings (SSSR count). The summed E-state index contributed by atoms with van der Waals surface area (Å²) in [4.78, 5) is 14.9. The second-order valence-electron chi connectivity index (χ2n) is 9.79. The summed E-state index contributed by atoms with van der Waals surface area (Å²) in [7, 11) is -1.25. The van der Waals surface area contributed by atoms with Crippen molar-refractivity contribution in [3.05, 3.63) is 121 Å². The molecule has 0 aliphatic carbocycles. The molecule has 7 aromatic rings. The topological polar surface area (TPSA) is 43.6 Å². The Hall–Kier alpha value is -5.00. The number of hydrogen-bond acceptors (Lipinski definition) is 3. The van der Waals surface area contributed by atoms with E-state index in [9.17, 15) is 0 Å². The summed E-state index contributed by atoms with van der Waals surface area (Å²) < 4.78 is 2.30. The molecule has 39 heavy (non-hydrogen) atoms. The Morgan fingerprint density at radius 1 is 0.564 bits per heavy atom. The molecule has 0 amide bonds. The number of imidazole rings is 1. The van der Waals surface area contributed by atoms with Gasteiger partial charge in [-0.05, 0) is 40.6 Å². The van der Waals surface area contributed by atoms with Crippen molar-refractivity contribution in [2.45, 2.75) is 0 Å². The SMILES string of the molecule is C=[Si]1c2c(-c3ccc(-c4nc(-c5ccccc5)c5ccccc5n4)cc3)cccc2-n2c1nc1ccccc12. The van der Waals surface area contributed by atoms with E-state index in [4.69, 9.17) is 15.0 Å². The maximum atomic E-state index is 5.04. The zero-order chi connectivity index (χ0) is 25.9. The fourth-order valence-electron chi connectivity index (χ4n) is 5.69. The van der Waals surface area contributed by atoms with Gasteiger partial charge in [0.15, 0.2) is 5.82 Å². The Bertz CT molecular complexity index is 2080. The van der Waals surface area contributed by atoms with E-state index >= 15 is 0 Å². The second-order valence-corrected chi connectivity index (χ2v) is 11.7. The molecule has 0 saturated heterocycles. The lowest BCUT2D eigenvalue weighted by Gasteiger charge is -2.12. The third-order valence-corrected chi connectivity index (χ3v) is 9.52. The Morgan fingerprint density at radius 3 is 2.13 bits per heavy atom. The van der Waals surface area contributed by atoms with Crippen molar-refractivity contribution in [2.24, 2.45) is 0 Å². The molecular weight excluding hydrogens is 492 g/mol. The van der Waals surface area contributed by atoms with E-state index in [1.807, 2.05) is 36.4 Å². The van der Waals surface area contributed by atoms with Gasteiger partial charge in [0, 0.05) is 16.5 Å². The molecule has 0 saturated carbocycles. The van der Waals surface area contributed by atoms with Crippen LogP contribution in [-0.4, -0.2) is 34.1 Å². The molecule has 4 nitrogen and oxygen atoms in total. The summed E-state index contributed by atoms with van der Waals surface area (Å²) in [5.41, 5.74) is 10.8. The van der Waals surface area contributed by atoms with E-state index in [0.717, 1.165) is 50.0 Å². The first-order chi connectivity index (χ1) is 19.3. The van der Waals surface area contributed by atoms with E-state index in [2.05, 4.69) is 95.7 Å². The molecule has 0 radical (unpaired) electrons. The largest absolute Gasteiger partial charge is 0.297 e. The van der Waals surface area contributed by atoms with Crippen LogP contribution in [0.3, 0.4) is 0 Å². The molecule has 0 atom stereocenters. The molecule has 2 aromatic heterocycles. The van der Waals surface area contributed by atoms with Crippen LogP contribution in [0.1, 0.15) is 0 Å². The Labute approximate surface area is 227 Å². The summed E-state index contributed by atoms with van der Waals surface area (Å²) in [6.45, 7) is 0. The third kappa shape index (κ3) is 3.37. The average molecular weight is 515 g/mol. The Kier molecular flexibility index (Phi) is 4.81. The molecule has 1 aliphatic rings. The van der Waals surface area contributed by atoms with Crippen molar-refractivity contribution in [1.82, 2.24) is 19.5 Å². The molecule has 5 aromatic carbocycles. The normalized spacial score (nSPS) is 12.2. The van der Waals surface area contributed by atoms with Crippen molar-refractivity contribution in [3.63, 3.8) is 0 Å². The van der Waals surface area contributed by atoms with Crippen LogP contribution in [0.25, 0.3) is 61.4 Å². The van der Waals surface area contributed by atoms with Crippen LogP contribution in [0.2, 0.25) is 0 Å². The van der Waals surface area contributed by atoms with Crippen LogP contribution in [0.5, 0.6) is 0 Å². The number of aromatic nitrogens is 4. The van der Waals surface area contributed by atoms with Gasteiger partial charge in [-0.3, -0.25) is 4.57 Å². The lowest BCUT2D eigenvalue weighted by Crippen LogP contribution is -2.32. The molecule has 0 unspecified atom stereocenters. The van der Waals surface area contributed by atoms with E-state index in [-0.39, 0.29) is 0 Å². The molecule has 0 N–H and O–H groups in total. The quantitative estimate of drug-likeness (QED) is 0.276. The summed E-state index contributed by atoms with van der Waals surface area (Å²) in [6, 6.07) is 42.0. The molecule has 0 spiro atoms. The van der Waals surface area contributed by atoms with Gasteiger partial charge < -0.3 is 0 Å². The maximum absolute atomic E-state index is 5.04. The van der Waals surface area contributed by atoms with Crippen LogP contribution in [0.15, 0.2) is 121 Å². The third-order valence-electron chi connectivity index (χ3n) is 7.52. The van der Waals surface area contributed by atoms with Crippen molar-refractivity contribution >= 4 is 47.2 Å². The summed E-state index contributed by atoms with van der Waals surface area (Å²) in [5.74, 6) is 0.728. The van der Waals surface area contributed by atoms with E-state index in [1.54, 1.807) is 0 Å². The number of hydrogen-bond donors (Lipinski definition) is 0. The summed E-state index contributed by atoms with van der Waals surface area (Å²) >= 11 is 0. The van der Waals surface area contributed by atoms with Gasteiger partial charge in [0.2, 0.25) is 0 Å². The standard InChI is InChI=1S/C34H22N4Si/c1-39-32-25(13-9-17-30(32)38-29-16-8-7-15-28(29)36-34(38)39)22-18-20-24(21-19-22)33-35-27-14-6-5-12-26(27)31(37-33)23-10-3-2-4-11-23/h2-21H,1H2. The molecule has 0 fully saturated rings. The summed E-state index contributed by atoms with van der Waals surface area (Å²) in [5, 5.41) is 2.37. The minimum atomic E-state index is -1.25. The predicted octanol–water partition coefficient (Wildman–Crippen LogP) is 5.91. The monoisotopic (exact) mass is 514 g/mol. The van der Waals surface area contributed by atoms with Gasteiger partial charge in [-0.25, -0.2) is 15.0 Å². The van der Waals surface area contributed by atoms with Crippen LogP contribution < -0.4 is 10.6 Å². The number of nitrogens with zero attached hydrogens (tertiary/aromatic N) is 4. The minimum absolute atomic E-state index is 0.728. The number of benzene rings is 5. The van der Waals surface area contributed by atoms with Gasteiger partial charge in [-0.2, -0.15) is 0 Å². The Morgan fingerprint density at radius 2 is 1.28 bits per heavy atom. The van der Waals surface area contributed by atoms with Gasteiger partial charge in [0.25, 0.3) is 0 Å². The van der Waals surface area contributed by atoms with E-state index in [1.165, 1.54) is 22.0 Å². The molecular formula is C34H22N4Si. The number of fused-ring (bicyclic) bond motifs is 6. The molecule has 0 bridgehead atoms. The van der Waals surface area contributed by atoms with E-state index < -0.39 is 8.41 Å². The second kappa shape index (κ2) is 8.51. The first kappa shape index (κ1) is 22.0. The zero-order valence-corrected chi connectivity index (χ0v) is 22.0. The number of rotatable bonds is 3. The smallest absolute Gasteiger partial charge is 0.160 e. The lowest BCUT2D eigenvalue weighted by molar-refractivity contribution is 1.17. The van der Waals surface area contributed by atoms with Crippen LogP contribution in [0, 0.1) is 0 Å². The van der Waals surface area contributed by atoms with Gasteiger partial charge in [-0.15, -0.1) is 6.17 Å². The highest BCUT2D eigenvalue weighted by atomic mass is 28.2. The van der Waals surface area contributed by atoms with Crippen LogP contribution in [0.4, 0.5) is 0 Å². The van der Waals surface area contributed by atoms with Crippen molar-refractivity contribution < 1.29 is 0 Å². The molecule has 5 heteroatoms. The highest BCUT2D eigenvalue weighted by Gasteiger charge is 2.29. The Balaban J connectivity index is 1.23. The maximum Gasteiger partial charge on any atom is 0.160 e. The fraction of sp³-hybridized carbons (Fsp3) is 0. The zero-order valence-electron chi connectivity index (χ0n) is 21.0. The van der Waals surface area contributed by atoms with Crippen LogP contribution >= 0.6 is 0 Å². The highest BCUT2D eigenvalue weighted by molar-refractivity contribution is 6.88. The van der Waals surface area contributed by atoms with Gasteiger partial charge in [0.1, 0.15) is 13.9 Å². The average Bonchev–Trinajstić information content (AvgIpc) is 3.52. The minimum Gasteiger partial charge on any atom is -0.297 e. The predicted molar refractivity (Wildman–Crippen MR) is 163 cm³/mol. The lowest BCUT2D eigenvalue weighted by atomic mass is 10.0. The van der Waals surface area contributed by atoms with Crippen molar-refractivity contribution in [2.75, 3.05) is 0 Å².